The van der Waals surface area contributed by atoms with Crippen LogP contribution in [0.1, 0.15) is 162 Å². The molecule has 0 bridgehead atoms. The van der Waals surface area contributed by atoms with Gasteiger partial charge in [0.2, 0.25) is 65.0 Å². The summed E-state index contributed by atoms with van der Waals surface area (Å²) in [5.41, 5.74) is 0. The van der Waals surface area contributed by atoms with Gasteiger partial charge in [-0.15, -0.1) is 0 Å². The number of ketones is 1. The minimum Gasteiger partial charge on any atom is -0.390 e. The molecule has 12 atom stereocenters. The Labute approximate surface area is 561 Å². The number of carbonyl (C=O) groups excluding carboxylic acids is 12. The van der Waals surface area contributed by atoms with Gasteiger partial charge in [0.1, 0.15) is 48.3 Å². The van der Waals surface area contributed by atoms with E-state index in [1.165, 1.54) is 99.8 Å². The molecule has 1 saturated heterocycles. The Morgan fingerprint density at radius 2 is 1.05 bits per heavy atom. The van der Waals surface area contributed by atoms with Gasteiger partial charge in [-0.05, 0) is 101 Å². The topological polar surface area (TPSA) is 314 Å². The average molecular weight is 1330 g/mol. The summed E-state index contributed by atoms with van der Waals surface area (Å²) < 4.78 is 10.7. The standard InChI is InChI=1S/C68H121N11O15/c1-24-28-50-54(80)38-48(43(10)11)64(88)75(19)51(35-40(4)5)61(85)70-46(15)60(84)71-47(16)63(87)76(20)52(36-41(6)7)66(90)77(21)53(37-42(8)9)67(91)78(22)57(44(12)13)68(92)79(23)58(62(86)72-49(25-2)65(89)73(17)39-56(82)74(50)18)59(83)45(14)29-27-30-55(81)69-31-32-94-34-33-93-26-3/h27,30,40-53,57-59,83H,24-26,28-29,31-39H2,1-23H3,(H,69,81)(H,70,85)(H,71,84)(H,72,86)/t45-,46+,47+,48+,49+,50+,51+,52+,53+,57+,58?,59-/m0/s1. The molecular formula is C68H121N11O15. The molecular weight excluding hydrogens is 1210 g/mol. The monoisotopic (exact) mass is 1330 g/mol. The van der Waals surface area contributed by atoms with E-state index in [1.807, 2.05) is 55.4 Å². The molecule has 1 heterocycles. The number of hydrogen-bond donors (Lipinski definition) is 5. The van der Waals surface area contributed by atoms with Crippen molar-refractivity contribution in [2.75, 3.05) is 88.9 Å². The molecule has 94 heavy (non-hydrogen) atoms. The second-order valence-electron chi connectivity index (χ2n) is 27.5. The zero-order valence-corrected chi connectivity index (χ0v) is 61.2. The quantitative estimate of drug-likeness (QED) is 0.0725. The molecule has 26 nitrogen and oxygen atoms in total. The van der Waals surface area contributed by atoms with Gasteiger partial charge in [-0.3, -0.25) is 57.5 Å². The van der Waals surface area contributed by atoms with E-state index in [1.54, 1.807) is 41.5 Å². The van der Waals surface area contributed by atoms with Crippen LogP contribution in [0.5, 0.6) is 0 Å². The maximum Gasteiger partial charge on any atom is 0.246 e. The zero-order chi connectivity index (χ0) is 72.3. The van der Waals surface area contributed by atoms with Crippen LogP contribution in [0, 0.1) is 41.4 Å². The molecule has 0 aromatic carbocycles. The van der Waals surface area contributed by atoms with E-state index >= 15 is 19.2 Å². The second-order valence-corrected chi connectivity index (χ2v) is 27.5. The molecule has 538 valence electrons. The first-order valence-electron chi connectivity index (χ1n) is 33.8. The van der Waals surface area contributed by atoms with Crippen molar-refractivity contribution in [3.8, 4) is 0 Å². The summed E-state index contributed by atoms with van der Waals surface area (Å²) in [5.74, 6) is -11.1. The van der Waals surface area contributed by atoms with Crippen LogP contribution in [-0.4, -0.2) is 259 Å². The minimum atomic E-state index is -1.74. The Kier molecular flexibility index (Phi) is 37.7. The van der Waals surface area contributed by atoms with Crippen LogP contribution < -0.4 is 21.3 Å². The fraction of sp³-hybridized carbons (Fsp3) is 0.794. The number of aliphatic hydroxyl groups excluding tert-OH is 1. The van der Waals surface area contributed by atoms with Gasteiger partial charge >= 0.3 is 0 Å². The Morgan fingerprint density at radius 1 is 0.553 bits per heavy atom. The van der Waals surface area contributed by atoms with Crippen LogP contribution in [-0.2, 0) is 67.0 Å². The van der Waals surface area contributed by atoms with E-state index in [2.05, 4.69) is 21.3 Å². The lowest BCUT2D eigenvalue weighted by Gasteiger charge is -2.41. The molecule has 1 aliphatic rings. The minimum absolute atomic E-state index is 0.0234. The normalized spacial score (nSPS) is 25.4. The lowest BCUT2D eigenvalue weighted by molar-refractivity contribution is -0.157. The van der Waals surface area contributed by atoms with Gasteiger partial charge in [0.15, 0.2) is 5.78 Å². The van der Waals surface area contributed by atoms with E-state index in [4.69, 9.17) is 9.47 Å². The van der Waals surface area contributed by atoms with E-state index in [9.17, 15) is 43.5 Å². The van der Waals surface area contributed by atoms with Crippen LogP contribution in [0.2, 0.25) is 0 Å². The number of likely N-dealkylation sites (N-methyl/N-ethyl adjacent to an activating group) is 7. The number of carbonyl (C=O) groups is 12. The number of Topliss-reactive ketones (excluding diaryl/α,β-unsaturated/α-hetero) is 1. The highest BCUT2D eigenvalue weighted by molar-refractivity contribution is 5.99. The number of allylic oxidation sites excluding steroid dienone is 1. The molecule has 0 saturated carbocycles. The molecule has 0 aliphatic carbocycles. The van der Waals surface area contributed by atoms with Gasteiger partial charge in [-0.25, -0.2) is 0 Å². The predicted molar refractivity (Wildman–Crippen MR) is 360 cm³/mol. The number of hydrogen-bond acceptors (Lipinski definition) is 15. The smallest absolute Gasteiger partial charge is 0.246 e. The van der Waals surface area contributed by atoms with E-state index in [0.29, 0.717) is 26.2 Å². The fourth-order valence-corrected chi connectivity index (χ4v) is 11.6. The summed E-state index contributed by atoms with van der Waals surface area (Å²) in [6.45, 7) is 29.1. The summed E-state index contributed by atoms with van der Waals surface area (Å²) in [6.07, 6.45) is 1.89. The lowest BCUT2D eigenvalue weighted by atomic mass is 9.86. The third-order valence-corrected chi connectivity index (χ3v) is 17.5. The van der Waals surface area contributed by atoms with Crippen LogP contribution in [0.25, 0.3) is 0 Å². The van der Waals surface area contributed by atoms with Gasteiger partial charge in [0, 0.05) is 74.8 Å². The van der Waals surface area contributed by atoms with Gasteiger partial charge in [0.05, 0.1) is 38.5 Å². The van der Waals surface area contributed by atoms with Crippen LogP contribution in [0.15, 0.2) is 12.2 Å². The molecule has 0 radical (unpaired) electrons. The number of aliphatic hydroxyl groups is 1. The summed E-state index contributed by atoms with van der Waals surface area (Å²) in [6, 6.07) is -11.4. The van der Waals surface area contributed by atoms with Crippen LogP contribution in [0.3, 0.4) is 0 Å². The molecule has 1 unspecified atom stereocenters. The van der Waals surface area contributed by atoms with Crippen LogP contribution >= 0.6 is 0 Å². The average Bonchev–Trinajstić information content (AvgIpc) is 0.808. The van der Waals surface area contributed by atoms with Crippen molar-refractivity contribution < 1.29 is 72.1 Å². The third kappa shape index (κ3) is 25.9. The third-order valence-electron chi connectivity index (χ3n) is 17.5. The summed E-state index contributed by atoms with van der Waals surface area (Å²) >= 11 is 0. The Balaban J connectivity index is 4.28. The molecule has 1 fully saturated rings. The van der Waals surface area contributed by atoms with Crippen molar-refractivity contribution >= 4 is 70.8 Å². The van der Waals surface area contributed by atoms with Crippen molar-refractivity contribution in [2.24, 2.45) is 41.4 Å². The lowest BCUT2D eigenvalue weighted by Crippen LogP contribution is -2.63. The van der Waals surface area contributed by atoms with Crippen molar-refractivity contribution in [1.82, 2.24) is 55.6 Å². The highest BCUT2D eigenvalue weighted by Gasteiger charge is 2.46. The SMILES string of the molecule is CCC[C@@H]1C(=O)C[C@H](C(C)C)C(=O)N(C)[C@H](CC(C)C)C(=O)N[C@H](C)C(=O)N[C@H](C)C(=O)N(C)[C@H](CC(C)C)C(=O)N(C)[C@H](CC(C)C)C(=O)N(C)[C@H](C(C)C)C(=O)N(C)C([C@@H](O)[C@@H](C)CC=CC(=O)NCCOCCOCC)C(=O)N[C@H](CC)C(=O)N(C)CC(=O)N1C. The summed E-state index contributed by atoms with van der Waals surface area (Å²) in [4.78, 5) is 182. The van der Waals surface area contributed by atoms with Gasteiger partial charge in [-0.2, -0.15) is 0 Å². The van der Waals surface area contributed by atoms with E-state index < -0.39 is 161 Å². The fourth-order valence-electron chi connectivity index (χ4n) is 11.6. The molecule has 26 heteroatoms. The van der Waals surface area contributed by atoms with Gasteiger partial charge in [0.25, 0.3) is 0 Å². The Bertz CT molecular complexity index is 2550. The van der Waals surface area contributed by atoms with E-state index in [-0.39, 0.29) is 75.9 Å². The maximum absolute atomic E-state index is 15.3. The molecule has 11 amide bonds. The first-order chi connectivity index (χ1) is 43.7. The highest BCUT2D eigenvalue weighted by atomic mass is 16.5. The largest absolute Gasteiger partial charge is 0.390 e. The molecule has 1 aliphatic heterocycles. The van der Waals surface area contributed by atoms with E-state index in [0.717, 1.165) is 9.80 Å². The van der Waals surface area contributed by atoms with Crippen molar-refractivity contribution in [1.29, 1.82) is 0 Å². The first kappa shape index (κ1) is 85.5. The Hall–Kier alpha value is -6.54. The summed E-state index contributed by atoms with van der Waals surface area (Å²) in [7, 11) is 9.84. The highest BCUT2D eigenvalue weighted by Crippen LogP contribution is 2.27. The predicted octanol–water partition coefficient (Wildman–Crippen LogP) is 3.26. The number of rotatable bonds is 23. The second kappa shape index (κ2) is 41.4. The van der Waals surface area contributed by atoms with Gasteiger partial charge < -0.3 is 70.1 Å². The van der Waals surface area contributed by atoms with Crippen molar-refractivity contribution in [3.63, 3.8) is 0 Å². The summed E-state index contributed by atoms with van der Waals surface area (Å²) in [5, 5.41) is 23.2. The number of nitrogens with one attached hydrogen (secondary N) is 4. The maximum atomic E-state index is 15.3. The molecule has 0 aromatic heterocycles. The molecule has 0 aromatic rings. The first-order valence-corrected chi connectivity index (χ1v) is 33.8. The zero-order valence-electron chi connectivity index (χ0n) is 61.2. The molecule has 0 spiro atoms. The van der Waals surface area contributed by atoms with Crippen molar-refractivity contribution in [3.05, 3.63) is 12.2 Å². The number of amides is 11. The molecule has 1 rings (SSSR count). The number of nitrogens with zero attached hydrogens (tertiary/aromatic N) is 7. The molecule has 5 N–H and O–H groups in total. The number of ether oxygens (including phenoxy) is 2. The van der Waals surface area contributed by atoms with Gasteiger partial charge in [-0.1, -0.05) is 103 Å². The Morgan fingerprint density at radius 3 is 1.56 bits per heavy atom. The van der Waals surface area contributed by atoms with Crippen LogP contribution in [0.4, 0.5) is 0 Å². The van der Waals surface area contributed by atoms with Crippen molar-refractivity contribution in [2.45, 2.75) is 223 Å².